The van der Waals surface area contributed by atoms with E-state index in [4.69, 9.17) is 0 Å². The molecule has 2 N–H and O–H groups in total. The second kappa shape index (κ2) is 6.68. The zero-order valence-corrected chi connectivity index (χ0v) is 18.1. The summed E-state index contributed by atoms with van der Waals surface area (Å²) < 4.78 is 3.39. The predicted octanol–water partition coefficient (Wildman–Crippen LogP) is 5.99. The number of rotatable bonds is 2. The third kappa shape index (κ3) is 2.59. The first-order valence-corrected chi connectivity index (χ1v) is 10.9. The molecule has 1 aliphatic rings. The number of hydrogen-bond donors (Lipinski definition) is 2. The van der Waals surface area contributed by atoms with Gasteiger partial charge in [0.15, 0.2) is 0 Å². The van der Waals surface area contributed by atoms with E-state index in [1.54, 1.807) is 0 Å². The summed E-state index contributed by atoms with van der Waals surface area (Å²) in [5.41, 5.74) is 7.25. The fourth-order valence-corrected chi connectivity index (χ4v) is 5.01. The molecule has 0 fully saturated rings. The highest BCUT2D eigenvalue weighted by atomic mass is 79.9. The predicted molar refractivity (Wildman–Crippen MR) is 133 cm³/mol. The Morgan fingerprint density at radius 3 is 2.13 bits per heavy atom. The van der Waals surface area contributed by atoms with Gasteiger partial charge in [0.25, 0.3) is 0 Å². The Bertz CT molecular complexity index is 1380. The van der Waals surface area contributed by atoms with Crippen molar-refractivity contribution < 1.29 is 0 Å². The first-order valence-electron chi connectivity index (χ1n) is 10.1. The van der Waals surface area contributed by atoms with Crippen LogP contribution >= 0.6 is 15.9 Å². The van der Waals surface area contributed by atoms with Crippen molar-refractivity contribution in [2.24, 2.45) is 7.05 Å². The molecule has 0 bridgehead atoms. The second-order valence-corrected chi connectivity index (χ2v) is 8.69. The molecule has 30 heavy (non-hydrogen) atoms. The lowest BCUT2D eigenvalue weighted by atomic mass is 9.64. The van der Waals surface area contributed by atoms with E-state index in [1.807, 2.05) is 0 Å². The molecule has 1 aromatic heterocycles. The summed E-state index contributed by atoms with van der Waals surface area (Å²) in [6.45, 7) is -0.0322. The quantitative estimate of drug-likeness (QED) is 0.322. The summed E-state index contributed by atoms with van der Waals surface area (Å²) in [6.07, 6.45) is 0. The van der Waals surface area contributed by atoms with Crippen molar-refractivity contribution in [1.29, 1.82) is 0 Å². The Balaban J connectivity index is 1.60. The number of benzene rings is 4. The van der Waals surface area contributed by atoms with Gasteiger partial charge in [0.05, 0.1) is 0 Å². The SMILES string of the molecule is Cn1c(-c2ccc(Br)cc2)c(B2Nc3cccc4cccc(c34)N2)c2ccccc21. The van der Waals surface area contributed by atoms with Gasteiger partial charge in [-0.1, -0.05) is 70.5 Å². The molecule has 6 rings (SSSR count). The number of aromatic nitrogens is 1. The van der Waals surface area contributed by atoms with Crippen molar-refractivity contribution in [1.82, 2.24) is 4.57 Å². The lowest BCUT2D eigenvalue weighted by Gasteiger charge is -2.27. The van der Waals surface area contributed by atoms with E-state index < -0.39 is 0 Å². The number of nitrogens with one attached hydrogen (secondary N) is 2. The van der Waals surface area contributed by atoms with Crippen LogP contribution in [0.5, 0.6) is 0 Å². The van der Waals surface area contributed by atoms with Gasteiger partial charge in [0.1, 0.15) is 0 Å². The minimum atomic E-state index is -0.0322. The van der Waals surface area contributed by atoms with E-state index in [0.717, 1.165) is 4.47 Å². The fourth-order valence-electron chi connectivity index (χ4n) is 4.74. The highest BCUT2D eigenvalue weighted by Gasteiger charge is 2.32. The molecular formula is C25H19BBrN3. The molecule has 4 aromatic carbocycles. The van der Waals surface area contributed by atoms with Crippen LogP contribution in [0.4, 0.5) is 11.4 Å². The van der Waals surface area contributed by atoms with Crippen LogP contribution in [0, 0.1) is 0 Å². The van der Waals surface area contributed by atoms with E-state index in [0.29, 0.717) is 0 Å². The average molecular weight is 452 g/mol. The minimum absolute atomic E-state index is 0.0322. The summed E-state index contributed by atoms with van der Waals surface area (Å²) in [5, 5.41) is 11.3. The standard InChI is InChI=1S/C25H19BBrN3/c1-30-22-11-3-2-8-19(22)24(25(30)17-12-14-18(27)15-13-17)26-28-20-9-4-6-16-7-5-10-21(29-26)23(16)20/h2-15,28-29H,1H3. The molecular weight excluding hydrogens is 433 g/mol. The van der Waals surface area contributed by atoms with Crippen molar-refractivity contribution in [3.8, 4) is 11.3 Å². The average Bonchev–Trinajstić information content (AvgIpc) is 3.07. The molecule has 144 valence electrons. The van der Waals surface area contributed by atoms with Crippen LogP contribution in [0.15, 0.2) is 89.4 Å². The number of para-hydroxylation sites is 1. The molecule has 5 heteroatoms. The fraction of sp³-hybridized carbons (Fsp3) is 0.0400. The highest BCUT2D eigenvalue weighted by molar-refractivity contribution is 9.10. The van der Waals surface area contributed by atoms with E-state index in [9.17, 15) is 0 Å². The number of halogens is 1. The molecule has 0 unspecified atom stereocenters. The van der Waals surface area contributed by atoms with Gasteiger partial charge in [-0.3, -0.25) is 0 Å². The monoisotopic (exact) mass is 451 g/mol. The molecule has 0 spiro atoms. The van der Waals surface area contributed by atoms with Crippen LogP contribution in [0.2, 0.25) is 0 Å². The van der Waals surface area contributed by atoms with E-state index in [-0.39, 0.29) is 6.98 Å². The molecule has 5 aromatic rings. The van der Waals surface area contributed by atoms with E-state index >= 15 is 0 Å². The molecule has 3 nitrogen and oxygen atoms in total. The van der Waals surface area contributed by atoms with Gasteiger partial charge < -0.3 is 15.0 Å². The van der Waals surface area contributed by atoms with E-state index in [1.165, 1.54) is 49.8 Å². The maximum Gasteiger partial charge on any atom is 0.408 e. The van der Waals surface area contributed by atoms with Crippen molar-refractivity contribution in [3.05, 3.63) is 89.4 Å². The van der Waals surface area contributed by atoms with Crippen LogP contribution in [0.3, 0.4) is 0 Å². The van der Waals surface area contributed by atoms with Crippen LogP contribution in [0.25, 0.3) is 32.9 Å². The Morgan fingerprint density at radius 1 is 0.767 bits per heavy atom. The molecule has 0 aliphatic carbocycles. The lowest BCUT2D eigenvalue weighted by Crippen LogP contribution is -2.48. The minimum Gasteiger partial charge on any atom is -0.405 e. The van der Waals surface area contributed by atoms with Crippen molar-refractivity contribution in [2.45, 2.75) is 0 Å². The largest absolute Gasteiger partial charge is 0.408 e. The highest BCUT2D eigenvalue weighted by Crippen LogP contribution is 2.35. The molecule has 0 saturated heterocycles. The summed E-state index contributed by atoms with van der Waals surface area (Å²) in [6, 6.07) is 30.1. The number of nitrogens with zero attached hydrogens (tertiary/aromatic N) is 1. The van der Waals surface area contributed by atoms with Gasteiger partial charge in [0.2, 0.25) is 0 Å². The number of hydrogen-bond acceptors (Lipinski definition) is 2. The topological polar surface area (TPSA) is 29.0 Å². The Hall–Kier alpha value is -3.18. The van der Waals surface area contributed by atoms with Gasteiger partial charge in [-0.15, -0.1) is 0 Å². The second-order valence-electron chi connectivity index (χ2n) is 7.78. The third-order valence-corrected chi connectivity index (χ3v) is 6.59. The summed E-state index contributed by atoms with van der Waals surface area (Å²) in [5.74, 6) is 0. The number of anilines is 2. The van der Waals surface area contributed by atoms with Crippen molar-refractivity contribution >= 4 is 61.4 Å². The maximum absolute atomic E-state index is 3.77. The third-order valence-electron chi connectivity index (χ3n) is 6.06. The molecule has 0 amide bonds. The van der Waals surface area contributed by atoms with Gasteiger partial charge in [-0.25, -0.2) is 0 Å². The Morgan fingerprint density at radius 2 is 1.43 bits per heavy atom. The van der Waals surface area contributed by atoms with Crippen LogP contribution in [-0.2, 0) is 7.05 Å². The lowest BCUT2D eigenvalue weighted by molar-refractivity contribution is 0.980. The zero-order valence-electron chi connectivity index (χ0n) is 16.5. The van der Waals surface area contributed by atoms with E-state index in [2.05, 4.69) is 123 Å². The number of aryl methyl sites for hydroxylation is 1. The summed E-state index contributed by atoms with van der Waals surface area (Å²) in [7, 11) is 2.15. The van der Waals surface area contributed by atoms with Gasteiger partial charge in [-0.2, -0.15) is 0 Å². The first kappa shape index (κ1) is 17.7. The Labute approximate surface area is 184 Å². The summed E-state index contributed by atoms with van der Waals surface area (Å²) in [4.78, 5) is 0. The Kier molecular flexibility index (Phi) is 3.93. The molecule has 0 atom stereocenters. The summed E-state index contributed by atoms with van der Waals surface area (Å²) >= 11 is 3.57. The van der Waals surface area contributed by atoms with Crippen molar-refractivity contribution in [3.63, 3.8) is 0 Å². The molecule has 0 saturated carbocycles. The molecule has 0 radical (unpaired) electrons. The van der Waals surface area contributed by atoms with Gasteiger partial charge in [-0.05, 0) is 46.7 Å². The van der Waals surface area contributed by atoms with Crippen LogP contribution in [0.1, 0.15) is 0 Å². The molecule has 1 aliphatic heterocycles. The van der Waals surface area contributed by atoms with Gasteiger partial charge in [0, 0.05) is 45.0 Å². The zero-order chi connectivity index (χ0) is 20.2. The smallest absolute Gasteiger partial charge is 0.405 e. The van der Waals surface area contributed by atoms with Gasteiger partial charge >= 0.3 is 6.98 Å². The molecule has 2 heterocycles. The van der Waals surface area contributed by atoms with Crippen molar-refractivity contribution in [2.75, 3.05) is 10.5 Å². The maximum atomic E-state index is 3.77. The normalized spacial score (nSPS) is 12.8. The first-order chi connectivity index (χ1) is 14.7. The number of fused-ring (bicyclic) bond motifs is 1. The van der Waals surface area contributed by atoms with Crippen LogP contribution in [-0.4, -0.2) is 11.5 Å². The van der Waals surface area contributed by atoms with Crippen LogP contribution < -0.4 is 15.9 Å².